The van der Waals surface area contributed by atoms with Crippen molar-refractivity contribution in [2.24, 2.45) is 0 Å². The lowest BCUT2D eigenvalue weighted by atomic mass is 10.1. The third kappa shape index (κ3) is 2.19. The Morgan fingerprint density at radius 2 is 2.00 bits per heavy atom. The molecule has 84 valence electrons. The zero-order valence-corrected chi connectivity index (χ0v) is 9.81. The van der Waals surface area contributed by atoms with Crippen molar-refractivity contribution in [3.8, 4) is 17.0 Å². The second-order valence-corrected chi connectivity index (χ2v) is 3.74. The Morgan fingerprint density at radius 3 is 2.62 bits per heavy atom. The van der Waals surface area contributed by atoms with Gasteiger partial charge in [0.05, 0.1) is 19.3 Å². The summed E-state index contributed by atoms with van der Waals surface area (Å²) in [5.41, 5.74) is 2.19. The van der Waals surface area contributed by atoms with Gasteiger partial charge in [0, 0.05) is 17.6 Å². The molecule has 0 aliphatic rings. The van der Waals surface area contributed by atoms with Gasteiger partial charge in [-0.25, -0.2) is 0 Å². The highest BCUT2D eigenvalue weighted by Gasteiger charge is 2.04. The van der Waals surface area contributed by atoms with Gasteiger partial charge in [-0.3, -0.25) is 4.68 Å². The van der Waals surface area contributed by atoms with Gasteiger partial charge >= 0.3 is 0 Å². The van der Waals surface area contributed by atoms with Crippen molar-refractivity contribution in [2.45, 2.75) is 6.54 Å². The number of aryl methyl sites for hydroxylation is 1. The molecule has 0 unspecified atom stereocenters. The lowest BCUT2D eigenvalue weighted by Gasteiger charge is -2.06. The van der Waals surface area contributed by atoms with Gasteiger partial charge in [-0.2, -0.15) is 5.10 Å². The van der Waals surface area contributed by atoms with Crippen LogP contribution in [0, 0.1) is 0 Å². The van der Waals surface area contributed by atoms with Crippen molar-refractivity contribution in [1.29, 1.82) is 0 Å². The average molecular weight is 237 g/mol. The third-order valence-corrected chi connectivity index (χ3v) is 2.57. The fourth-order valence-electron chi connectivity index (χ4n) is 1.60. The molecule has 1 aromatic heterocycles. The molecule has 2 aromatic rings. The molecule has 4 heteroatoms. The highest BCUT2D eigenvalue weighted by molar-refractivity contribution is 6.17. The highest BCUT2D eigenvalue weighted by atomic mass is 35.5. The van der Waals surface area contributed by atoms with Crippen LogP contribution in [0.4, 0.5) is 0 Å². The Bertz CT molecular complexity index is 450. The van der Waals surface area contributed by atoms with Crippen LogP contribution in [0.3, 0.4) is 0 Å². The second-order valence-electron chi connectivity index (χ2n) is 3.36. The smallest absolute Gasteiger partial charge is 0.118 e. The summed E-state index contributed by atoms with van der Waals surface area (Å²) in [5, 5.41) is 4.23. The van der Waals surface area contributed by atoms with E-state index in [1.807, 2.05) is 35.0 Å². The largest absolute Gasteiger partial charge is 0.497 e. The standard InChI is InChI=1S/C12H13ClN2O/c1-16-11-4-2-10(3-5-11)12-6-8-14-15(12)9-7-13/h2-6,8H,7,9H2,1H3. The molecule has 0 spiro atoms. The van der Waals surface area contributed by atoms with Crippen LogP contribution in [0.15, 0.2) is 36.5 Å². The SMILES string of the molecule is COc1ccc(-c2ccnn2CCCl)cc1. The second kappa shape index (κ2) is 5.03. The van der Waals surface area contributed by atoms with E-state index in [1.54, 1.807) is 13.3 Å². The number of hydrogen-bond donors (Lipinski definition) is 0. The molecule has 0 amide bonds. The van der Waals surface area contributed by atoms with Gasteiger partial charge in [0.1, 0.15) is 5.75 Å². The molecule has 0 aliphatic heterocycles. The van der Waals surface area contributed by atoms with Gasteiger partial charge in [-0.05, 0) is 30.3 Å². The molecule has 0 fully saturated rings. The molecule has 0 radical (unpaired) electrons. The van der Waals surface area contributed by atoms with Gasteiger partial charge < -0.3 is 4.74 Å². The summed E-state index contributed by atoms with van der Waals surface area (Å²) in [6.45, 7) is 0.718. The molecule has 0 bridgehead atoms. The van der Waals surface area contributed by atoms with Crippen LogP contribution in [-0.2, 0) is 6.54 Å². The Kier molecular flexibility index (Phi) is 3.47. The molecule has 1 heterocycles. The number of hydrogen-bond acceptors (Lipinski definition) is 2. The molecule has 2 rings (SSSR count). The summed E-state index contributed by atoms with van der Waals surface area (Å²) in [4.78, 5) is 0. The number of benzene rings is 1. The maximum Gasteiger partial charge on any atom is 0.118 e. The number of nitrogens with zero attached hydrogens (tertiary/aromatic N) is 2. The van der Waals surface area contributed by atoms with Crippen molar-refractivity contribution in [2.75, 3.05) is 13.0 Å². The molecule has 0 saturated carbocycles. The van der Waals surface area contributed by atoms with E-state index in [9.17, 15) is 0 Å². The lowest BCUT2D eigenvalue weighted by Crippen LogP contribution is -2.02. The van der Waals surface area contributed by atoms with E-state index in [0.29, 0.717) is 5.88 Å². The minimum absolute atomic E-state index is 0.560. The summed E-state index contributed by atoms with van der Waals surface area (Å²) in [6.07, 6.45) is 1.78. The van der Waals surface area contributed by atoms with E-state index in [4.69, 9.17) is 16.3 Å². The van der Waals surface area contributed by atoms with Gasteiger partial charge in [0.2, 0.25) is 0 Å². The quantitative estimate of drug-likeness (QED) is 0.764. The molecular formula is C12H13ClN2O. The predicted octanol–water partition coefficient (Wildman–Crippen LogP) is 2.80. The molecular weight excluding hydrogens is 224 g/mol. The first kappa shape index (κ1) is 11.0. The summed E-state index contributed by atoms with van der Waals surface area (Å²) in [7, 11) is 1.66. The molecule has 0 atom stereocenters. The van der Waals surface area contributed by atoms with Crippen LogP contribution in [0.5, 0.6) is 5.75 Å². The maximum absolute atomic E-state index is 5.72. The van der Waals surface area contributed by atoms with Gasteiger partial charge in [-0.15, -0.1) is 11.6 Å². The van der Waals surface area contributed by atoms with Crippen LogP contribution < -0.4 is 4.74 Å². The number of methoxy groups -OCH3 is 1. The van der Waals surface area contributed by atoms with Crippen LogP contribution in [0.1, 0.15) is 0 Å². The van der Waals surface area contributed by atoms with E-state index in [2.05, 4.69) is 5.10 Å². The summed E-state index contributed by atoms with van der Waals surface area (Å²) in [6, 6.07) is 9.89. The van der Waals surface area contributed by atoms with E-state index < -0.39 is 0 Å². The Labute approximate surface area is 99.6 Å². The molecule has 3 nitrogen and oxygen atoms in total. The van der Waals surface area contributed by atoms with Crippen molar-refractivity contribution in [1.82, 2.24) is 9.78 Å². The van der Waals surface area contributed by atoms with Crippen LogP contribution in [-0.4, -0.2) is 22.8 Å². The number of rotatable bonds is 4. The van der Waals surface area contributed by atoms with Crippen molar-refractivity contribution < 1.29 is 4.74 Å². The van der Waals surface area contributed by atoms with E-state index in [1.165, 1.54) is 0 Å². The molecule has 0 N–H and O–H groups in total. The third-order valence-electron chi connectivity index (χ3n) is 2.40. The van der Waals surface area contributed by atoms with Crippen LogP contribution in [0.25, 0.3) is 11.3 Å². The lowest BCUT2D eigenvalue weighted by molar-refractivity contribution is 0.415. The van der Waals surface area contributed by atoms with E-state index in [0.717, 1.165) is 23.6 Å². The first-order valence-corrected chi connectivity index (χ1v) is 5.61. The summed E-state index contributed by atoms with van der Waals surface area (Å²) < 4.78 is 7.02. The first-order valence-electron chi connectivity index (χ1n) is 5.07. The van der Waals surface area contributed by atoms with Crippen LogP contribution in [0.2, 0.25) is 0 Å². The Hall–Kier alpha value is -1.48. The number of aromatic nitrogens is 2. The van der Waals surface area contributed by atoms with Gasteiger partial charge in [0.15, 0.2) is 0 Å². The fraction of sp³-hybridized carbons (Fsp3) is 0.250. The van der Waals surface area contributed by atoms with Crippen molar-refractivity contribution in [3.05, 3.63) is 36.5 Å². The summed E-state index contributed by atoms with van der Waals surface area (Å²) in [5.74, 6) is 1.41. The normalized spacial score (nSPS) is 10.4. The van der Waals surface area contributed by atoms with Crippen molar-refractivity contribution >= 4 is 11.6 Å². The molecule has 0 saturated heterocycles. The number of ether oxygens (including phenoxy) is 1. The first-order chi connectivity index (χ1) is 7.85. The maximum atomic E-state index is 5.72. The summed E-state index contributed by atoms with van der Waals surface area (Å²) >= 11 is 5.72. The monoisotopic (exact) mass is 236 g/mol. The number of halogens is 1. The fourth-order valence-corrected chi connectivity index (χ4v) is 1.76. The topological polar surface area (TPSA) is 27.1 Å². The predicted molar refractivity (Wildman–Crippen MR) is 64.9 cm³/mol. The minimum atomic E-state index is 0.560. The number of alkyl halides is 1. The zero-order valence-electron chi connectivity index (χ0n) is 9.06. The molecule has 16 heavy (non-hydrogen) atoms. The Morgan fingerprint density at radius 1 is 1.25 bits per heavy atom. The molecule has 0 aliphatic carbocycles. The Balaban J connectivity index is 2.31. The van der Waals surface area contributed by atoms with E-state index >= 15 is 0 Å². The molecule has 1 aromatic carbocycles. The zero-order chi connectivity index (χ0) is 11.4. The minimum Gasteiger partial charge on any atom is -0.497 e. The average Bonchev–Trinajstić information content (AvgIpc) is 2.78. The van der Waals surface area contributed by atoms with E-state index in [-0.39, 0.29) is 0 Å². The van der Waals surface area contributed by atoms with Crippen LogP contribution >= 0.6 is 11.6 Å². The van der Waals surface area contributed by atoms with Gasteiger partial charge in [-0.1, -0.05) is 0 Å². The van der Waals surface area contributed by atoms with Gasteiger partial charge in [0.25, 0.3) is 0 Å². The highest BCUT2D eigenvalue weighted by Crippen LogP contribution is 2.21. The van der Waals surface area contributed by atoms with Crippen molar-refractivity contribution in [3.63, 3.8) is 0 Å².